The van der Waals surface area contributed by atoms with Gasteiger partial charge in [-0.15, -0.1) is 0 Å². The SMILES string of the molecule is C.C1=Nc2ccccc2C1.Ic1cccc(I)c1.c1cc(-n2cnc3ccccc32)cc(-n2cnc3ccccc32)c1.c1cnc2c(c1)ccc1cccnc12. The number of fused-ring (bicyclic) bond motifs is 6. The van der Waals surface area contributed by atoms with Gasteiger partial charge in [-0.25, -0.2) is 9.97 Å². The van der Waals surface area contributed by atoms with Crippen LogP contribution in [0.15, 0.2) is 188 Å². The van der Waals surface area contributed by atoms with E-state index in [1.54, 1.807) is 12.4 Å². The van der Waals surface area contributed by atoms with Crippen molar-refractivity contribution in [2.45, 2.75) is 13.8 Å². The van der Waals surface area contributed by atoms with E-state index in [0.29, 0.717) is 0 Å². The number of hydrogen-bond donors (Lipinski definition) is 0. The lowest BCUT2D eigenvalue weighted by Crippen LogP contribution is -1.96. The molecule has 10 aromatic rings. The highest BCUT2D eigenvalue weighted by Gasteiger charge is 2.08. The molecule has 9 heteroatoms. The predicted octanol–water partition coefficient (Wildman–Crippen LogP) is 12.6. The monoisotopic (exact) mass is 953 g/mol. The quantitative estimate of drug-likeness (QED) is 0.128. The average molecular weight is 954 g/mol. The predicted molar refractivity (Wildman–Crippen MR) is 250 cm³/mol. The molecule has 0 N–H and O–H groups in total. The van der Waals surface area contributed by atoms with E-state index in [-0.39, 0.29) is 7.43 Å². The highest BCUT2D eigenvalue weighted by Crippen LogP contribution is 2.24. The molecular weight excluding hydrogens is 916 g/mol. The molecule has 1 aliphatic rings. The number of benzene rings is 6. The van der Waals surface area contributed by atoms with Gasteiger partial charge >= 0.3 is 0 Å². The van der Waals surface area contributed by atoms with Crippen LogP contribution >= 0.6 is 45.2 Å². The van der Waals surface area contributed by atoms with Crippen molar-refractivity contribution in [3.63, 3.8) is 0 Å². The van der Waals surface area contributed by atoms with E-state index >= 15 is 0 Å². The van der Waals surface area contributed by atoms with Crippen molar-refractivity contribution in [1.82, 2.24) is 29.1 Å². The summed E-state index contributed by atoms with van der Waals surface area (Å²) in [6.07, 6.45) is 10.3. The largest absolute Gasteiger partial charge is 0.299 e. The lowest BCUT2D eigenvalue weighted by atomic mass is 10.1. The van der Waals surface area contributed by atoms with Crippen molar-refractivity contribution in [3.05, 3.63) is 195 Å². The summed E-state index contributed by atoms with van der Waals surface area (Å²) < 4.78 is 6.82. The number of halogens is 2. The summed E-state index contributed by atoms with van der Waals surface area (Å²) in [4.78, 5) is 21.8. The van der Waals surface area contributed by atoms with Crippen molar-refractivity contribution in [2.24, 2.45) is 4.99 Å². The Morgan fingerprint density at radius 1 is 0.464 bits per heavy atom. The zero-order valence-electron chi connectivity index (χ0n) is 29.5. The summed E-state index contributed by atoms with van der Waals surface area (Å²) in [6.45, 7) is 0. The molecule has 0 unspecified atom stereocenters. The van der Waals surface area contributed by atoms with Crippen LogP contribution in [0.1, 0.15) is 13.0 Å². The molecule has 0 amide bonds. The van der Waals surface area contributed by atoms with Gasteiger partial charge in [-0.3, -0.25) is 24.1 Å². The second-order valence-electron chi connectivity index (χ2n) is 12.5. The van der Waals surface area contributed by atoms with Gasteiger partial charge in [0, 0.05) is 54.3 Å². The van der Waals surface area contributed by atoms with Crippen LogP contribution in [0.3, 0.4) is 0 Å². The summed E-state index contributed by atoms with van der Waals surface area (Å²) in [7, 11) is 0. The number of imidazole rings is 2. The molecule has 0 spiro atoms. The Balaban J connectivity index is 0.000000127. The molecule has 0 atom stereocenters. The molecule has 0 fully saturated rings. The molecule has 0 radical (unpaired) electrons. The molecule has 0 aliphatic carbocycles. The Bertz CT molecular complexity index is 2750. The lowest BCUT2D eigenvalue weighted by Gasteiger charge is -2.09. The van der Waals surface area contributed by atoms with Gasteiger partial charge in [0.1, 0.15) is 12.7 Å². The van der Waals surface area contributed by atoms with Gasteiger partial charge < -0.3 is 0 Å². The summed E-state index contributed by atoms with van der Waals surface area (Å²) in [6, 6.07) is 53.4. The van der Waals surface area contributed by atoms with Gasteiger partial charge in [0.25, 0.3) is 0 Å². The van der Waals surface area contributed by atoms with E-state index in [4.69, 9.17) is 0 Å². The standard InChI is InChI=1S/C20H14N4.C12H8N2.C8H7N.C6H4I2.CH4/c1-3-10-19-17(8-1)21-13-23(19)15-6-5-7-16(12-15)24-14-22-18-9-2-4-11-20(18)24;1-3-9-5-6-10-4-2-8-14-12(10)11(9)13-7-1;1-2-4-8-7(3-1)5-6-9-8;7-5-2-1-3-6(8)4-5;/h1-14H;1-8H;1-4,6H,5H2;1-4H;1H4. The van der Waals surface area contributed by atoms with Gasteiger partial charge in [0.05, 0.1) is 38.8 Å². The summed E-state index contributed by atoms with van der Waals surface area (Å²) in [5.41, 5.74) is 10.8. The number of rotatable bonds is 2. The molecule has 11 rings (SSSR count). The first-order valence-electron chi connectivity index (χ1n) is 17.7. The van der Waals surface area contributed by atoms with E-state index in [1.165, 1.54) is 12.7 Å². The average Bonchev–Trinajstić information content (AvgIpc) is 4.01. The molecular formula is C47H37I2N7. The third-order valence-electron chi connectivity index (χ3n) is 8.96. The van der Waals surface area contributed by atoms with Gasteiger partial charge in [-0.2, -0.15) is 0 Å². The molecule has 274 valence electrons. The van der Waals surface area contributed by atoms with E-state index < -0.39 is 0 Å². The molecule has 0 saturated carbocycles. The smallest absolute Gasteiger partial charge is 0.100 e. The number of hydrogen-bond acceptors (Lipinski definition) is 5. The maximum atomic E-state index is 4.48. The maximum Gasteiger partial charge on any atom is 0.100 e. The molecule has 6 aromatic carbocycles. The zero-order valence-corrected chi connectivity index (χ0v) is 33.8. The topological polar surface area (TPSA) is 73.8 Å². The number of pyridine rings is 2. The molecule has 56 heavy (non-hydrogen) atoms. The minimum atomic E-state index is 0. The summed E-state index contributed by atoms with van der Waals surface area (Å²) in [5.74, 6) is 0. The minimum Gasteiger partial charge on any atom is -0.299 e. The van der Waals surface area contributed by atoms with Crippen LogP contribution in [-0.4, -0.2) is 35.3 Å². The van der Waals surface area contributed by atoms with Gasteiger partial charge in [-0.1, -0.05) is 86.3 Å². The fourth-order valence-corrected chi connectivity index (χ4v) is 8.00. The van der Waals surface area contributed by atoms with Crippen molar-refractivity contribution in [2.75, 3.05) is 0 Å². The van der Waals surface area contributed by atoms with Crippen LogP contribution in [0.4, 0.5) is 5.69 Å². The maximum absolute atomic E-state index is 4.48. The first-order valence-corrected chi connectivity index (χ1v) is 19.8. The summed E-state index contributed by atoms with van der Waals surface area (Å²) in [5, 5.41) is 2.28. The van der Waals surface area contributed by atoms with Crippen LogP contribution < -0.4 is 0 Å². The highest BCUT2D eigenvalue weighted by molar-refractivity contribution is 14.1. The summed E-state index contributed by atoms with van der Waals surface area (Å²) >= 11 is 4.60. The van der Waals surface area contributed by atoms with Crippen molar-refractivity contribution in [3.8, 4) is 11.4 Å². The van der Waals surface area contributed by atoms with E-state index in [1.807, 2.05) is 85.6 Å². The second kappa shape index (κ2) is 18.2. The Hall–Kier alpha value is -5.79. The number of nitrogens with zero attached hydrogens (tertiary/aromatic N) is 7. The normalized spacial score (nSPS) is 11.1. The first-order chi connectivity index (χ1) is 27.1. The molecule has 0 saturated heterocycles. The Labute approximate surface area is 353 Å². The van der Waals surface area contributed by atoms with Crippen molar-refractivity contribution in [1.29, 1.82) is 0 Å². The molecule has 5 heterocycles. The molecule has 7 nitrogen and oxygen atoms in total. The Morgan fingerprint density at radius 3 is 1.52 bits per heavy atom. The van der Waals surface area contributed by atoms with Crippen molar-refractivity contribution >= 4 is 101 Å². The molecule has 0 bridgehead atoms. The van der Waals surface area contributed by atoms with E-state index in [2.05, 4.69) is 170 Å². The fraction of sp³-hybridized carbons (Fsp3) is 0.0426. The second-order valence-corrected chi connectivity index (χ2v) is 15.0. The first kappa shape index (κ1) is 38.5. The zero-order chi connectivity index (χ0) is 37.4. The fourth-order valence-electron chi connectivity index (χ4n) is 6.31. The lowest BCUT2D eigenvalue weighted by molar-refractivity contribution is 1.06. The van der Waals surface area contributed by atoms with Crippen LogP contribution in [0.5, 0.6) is 0 Å². The Morgan fingerprint density at radius 2 is 0.982 bits per heavy atom. The molecule has 1 aliphatic heterocycles. The number of aliphatic imine (C=N–C) groups is 1. The van der Waals surface area contributed by atoms with Crippen LogP contribution in [0.2, 0.25) is 0 Å². The van der Waals surface area contributed by atoms with E-state index in [9.17, 15) is 0 Å². The highest BCUT2D eigenvalue weighted by atomic mass is 127. The van der Waals surface area contributed by atoms with Crippen LogP contribution in [-0.2, 0) is 6.42 Å². The van der Waals surface area contributed by atoms with Crippen LogP contribution in [0.25, 0.3) is 55.2 Å². The van der Waals surface area contributed by atoms with Gasteiger partial charge in [0.2, 0.25) is 0 Å². The van der Waals surface area contributed by atoms with Crippen molar-refractivity contribution < 1.29 is 0 Å². The third-order valence-corrected chi connectivity index (χ3v) is 10.3. The molecule has 4 aromatic heterocycles. The third kappa shape index (κ3) is 8.85. The Kier molecular flexibility index (Phi) is 12.5. The minimum absolute atomic E-state index is 0. The van der Waals surface area contributed by atoms with Gasteiger partial charge in [-0.05, 0) is 130 Å². The van der Waals surface area contributed by atoms with Gasteiger partial charge in [0.15, 0.2) is 0 Å². The van der Waals surface area contributed by atoms with E-state index in [0.717, 1.165) is 67.4 Å². The van der Waals surface area contributed by atoms with Crippen LogP contribution in [0, 0.1) is 7.14 Å². The number of aromatic nitrogens is 6. The number of para-hydroxylation sites is 5.